The van der Waals surface area contributed by atoms with E-state index in [1.807, 2.05) is 25.7 Å². The number of hydrogen-bond acceptors (Lipinski definition) is 1. The molecule has 0 atom stereocenters. The summed E-state index contributed by atoms with van der Waals surface area (Å²) in [4.78, 5) is 14.6. The van der Waals surface area contributed by atoms with Crippen molar-refractivity contribution in [2.24, 2.45) is 0 Å². The van der Waals surface area contributed by atoms with Crippen molar-refractivity contribution in [2.75, 3.05) is 13.1 Å². The Labute approximate surface area is 125 Å². The van der Waals surface area contributed by atoms with Gasteiger partial charge in [-0.05, 0) is 62.3 Å². The summed E-state index contributed by atoms with van der Waals surface area (Å²) in [5, 5.41) is 0. The first-order valence-corrected chi connectivity index (χ1v) is 7.27. The van der Waals surface area contributed by atoms with Crippen molar-refractivity contribution in [1.82, 2.24) is 4.90 Å². The molecule has 0 N–H and O–H groups in total. The summed E-state index contributed by atoms with van der Waals surface area (Å²) in [5.74, 6) is 0.145. The summed E-state index contributed by atoms with van der Waals surface area (Å²) in [5.41, 5.74) is 7.04. The van der Waals surface area contributed by atoms with Crippen LogP contribution in [-0.2, 0) is 4.79 Å². The second kappa shape index (κ2) is 8.08. The van der Waals surface area contributed by atoms with Crippen molar-refractivity contribution in [3.05, 3.63) is 33.4 Å². The highest BCUT2D eigenvalue weighted by atomic mass is 16.2. The molecule has 0 aliphatic rings. The van der Waals surface area contributed by atoms with E-state index in [0.717, 1.165) is 11.1 Å². The fourth-order valence-electron chi connectivity index (χ4n) is 1.54. The molecule has 0 rings (SSSR count). The maximum Gasteiger partial charge on any atom is 0.250 e. The molecule has 0 unspecified atom stereocenters. The summed E-state index contributed by atoms with van der Waals surface area (Å²) in [6.07, 6.45) is 0. The van der Waals surface area contributed by atoms with Crippen LogP contribution in [0.3, 0.4) is 0 Å². The lowest BCUT2D eigenvalue weighted by atomic mass is 10.1. The molecule has 0 saturated heterocycles. The van der Waals surface area contributed by atoms with Gasteiger partial charge in [-0.1, -0.05) is 27.9 Å². The molecule has 114 valence electrons. The van der Waals surface area contributed by atoms with E-state index in [0.29, 0.717) is 13.1 Å². The van der Waals surface area contributed by atoms with Gasteiger partial charge in [0.2, 0.25) is 5.91 Å². The van der Waals surface area contributed by atoms with Gasteiger partial charge in [-0.15, -0.1) is 0 Å². The number of hydrogen-bond donors (Lipinski definition) is 0. The Balaban J connectivity index is 5.39. The highest BCUT2D eigenvalue weighted by molar-refractivity contribution is 5.93. The molecular weight excluding hydrogens is 246 g/mol. The maximum atomic E-state index is 12.6. The first kappa shape index (κ1) is 18.7. The van der Waals surface area contributed by atoms with Crippen LogP contribution in [0.5, 0.6) is 0 Å². The van der Waals surface area contributed by atoms with Gasteiger partial charge < -0.3 is 4.90 Å². The monoisotopic (exact) mass is 277 g/mol. The largest absolute Gasteiger partial charge is 0.331 e. The van der Waals surface area contributed by atoms with Crippen LogP contribution in [0.4, 0.5) is 0 Å². The molecule has 0 bridgehead atoms. The lowest BCUT2D eigenvalue weighted by molar-refractivity contribution is -0.126. The first-order chi connectivity index (χ1) is 9.07. The van der Waals surface area contributed by atoms with E-state index >= 15 is 0 Å². The molecule has 0 spiro atoms. The zero-order valence-corrected chi connectivity index (χ0v) is 14.8. The molecule has 20 heavy (non-hydrogen) atoms. The Hall–Kier alpha value is -1.31. The fraction of sp³-hybridized carbons (Fsp3) is 0.611. The quantitative estimate of drug-likeness (QED) is 0.518. The SMILES string of the molecule is CC(C)=C(C)CN(CC(C)=C(C)C)C(=O)C(C)=C(C)C. The van der Waals surface area contributed by atoms with Crippen LogP contribution in [-0.4, -0.2) is 23.9 Å². The van der Waals surface area contributed by atoms with Crippen molar-refractivity contribution in [3.63, 3.8) is 0 Å². The van der Waals surface area contributed by atoms with Gasteiger partial charge in [0.15, 0.2) is 0 Å². The van der Waals surface area contributed by atoms with Crippen molar-refractivity contribution >= 4 is 5.91 Å². The zero-order chi connectivity index (χ0) is 16.0. The summed E-state index contributed by atoms with van der Waals surface area (Å²) in [7, 11) is 0. The van der Waals surface area contributed by atoms with Crippen LogP contribution >= 0.6 is 0 Å². The van der Waals surface area contributed by atoms with E-state index in [1.165, 1.54) is 22.3 Å². The van der Waals surface area contributed by atoms with Crippen LogP contribution in [0.2, 0.25) is 0 Å². The summed E-state index contributed by atoms with van der Waals surface area (Å²) in [6, 6.07) is 0. The Morgan fingerprint density at radius 3 is 1.25 bits per heavy atom. The fourth-order valence-corrected chi connectivity index (χ4v) is 1.54. The van der Waals surface area contributed by atoms with Crippen LogP contribution in [0.15, 0.2) is 33.4 Å². The van der Waals surface area contributed by atoms with Crippen LogP contribution in [0.1, 0.15) is 62.3 Å². The normalized spacial score (nSPS) is 9.85. The molecule has 0 aromatic rings. The van der Waals surface area contributed by atoms with Crippen molar-refractivity contribution in [1.29, 1.82) is 0 Å². The van der Waals surface area contributed by atoms with Crippen molar-refractivity contribution < 1.29 is 4.79 Å². The van der Waals surface area contributed by atoms with E-state index in [4.69, 9.17) is 0 Å². The van der Waals surface area contributed by atoms with Gasteiger partial charge in [0, 0.05) is 18.7 Å². The number of rotatable bonds is 5. The second-order valence-electron chi connectivity index (χ2n) is 6.35. The topological polar surface area (TPSA) is 20.3 Å². The van der Waals surface area contributed by atoms with Gasteiger partial charge in [-0.3, -0.25) is 4.79 Å². The van der Waals surface area contributed by atoms with E-state index in [2.05, 4.69) is 41.5 Å². The van der Waals surface area contributed by atoms with Gasteiger partial charge in [0.25, 0.3) is 0 Å². The van der Waals surface area contributed by atoms with E-state index < -0.39 is 0 Å². The molecule has 0 fully saturated rings. The Morgan fingerprint density at radius 2 is 1.00 bits per heavy atom. The van der Waals surface area contributed by atoms with Crippen molar-refractivity contribution in [3.8, 4) is 0 Å². The van der Waals surface area contributed by atoms with E-state index in [-0.39, 0.29) is 5.91 Å². The molecule has 0 aromatic carbocycles. The van der Waals surface area contributed by atoms with Gasteiger partial charge >= 0.3 is 0 Å². The minimum atomic E-state index is 0.145. The molecule has 0 saturated carbocycles. The predicted octanol–water partition coefficient (Wildman–Crippen LogP) is 4.88. The average Bonchev–Trinajstić information content (AvgIpc) is 2.35. The summed E-state index contributed by atoms with van der Waals surface area (Å²) < 4.78 is 0. The van der Waals surface area contributed by atoms with E-state index in [1.54, 1.807) is 0 Å². The first-order valence-electron chi connectivity index (χ1n) is 7.27. The number of allylic oxidation sites excluding steroid dienone is 3. The highest BCUT2D eigenvalue weighted by Crippen LogP contribution is 2.14. The third-order valence-corrected chi connectivity index (χ3v) is 3.92. The molecule has 2 nitrogen and oxygen atoms in total. The number of nitrogens with zero attached hydrogens (tertiary/aromatic N) is 1. The highest BCUT2D eigenvalue weighted by Gasteiger charge is 2.17. The third kappa shape index (κ3) is 5.77. The maximum absolute atomic E-state index is 12.6. The van der Waals surface area contributed by atoms with Crippen LogP contribution in [0.25, 0.3) is 0 Å². The molecule has 0 aromatic heterocycles. The van der Waals surface area contributed by atoms with E-state index in [9.17, 15) is 4.79 Å². The molecule has 0 heterocycles. The zero-order valence-electron chi connectivity index (χ0n) is 14.8. The minimum absolute atomic E-state index is 0.145. The lowest BCUT2D eigenvalue weighted by Crippen LogP contribution is -2.35. The summed E-state index contributed by atoms with van der Waals surface area (Å²) in [6.45, 7) is 19.9. The molecule has 2 heteroatoms. The molecular formula is C18H31NO. The molecule has 1 amide bonds. The standard InChI is InChI=1S/C18H31NO/c1-12(2)15(7)10-19(11-16(8)13(3)4)18(20)17(9)14(5)6/h10-11H2,1-9H3. The Morgan fingerprint density at radius 1 is 0.650 bits per heavy atom. The van der Waals surface area contributed by atoms with Gasteiger partial charge in [-0.2, -0.15) is 0 Å². The summed E-state index contributed by atoms with van der Waals surface area (Å²) >= 11 is 0. The van der Waals surface area contributed by atoms with Gasteiger partial charge in [-0.25, -0.2) is 0 Å². The number of amides is 1. The smallest absolute Gasteiger partial charge is 0.250 e. The van der Waals surface area contributed by atoms with Crippen molar-refractivity contribution in [2.45, 2.75) is 62.3 Å². The average molecular weight is 277 g/mol. The number of carbonyl (C=O) groups excluding carboxylic acids is 1. The Kier molecular flexibility index (Phi) is 7.55. The van der Waals surface area contributed by atoms with Gasteiger partial charge in [0.05, 0.1) is 0 Å². The molecule has 0 aliphatic carbocycles. The molecule has 0 aliphatic heterocycles. The predicted molar refractivity (Wildman–Crippen MR) is 88.7 cm³/mol. The van der Waals surface area contributed by atoms with Gasteiger partial charge in [0.1, 0.15) is 0 Å². The second-order valence-corrected chi connectivity index (χ2v) is 6.35. The minimum Gasteiger partial charge on any atom is -0.331 e. The van der Waals surface area contributed by atoms with Crippen LogP contribution in [0, 0.1) is 0 Å². The lowest BCUT2D eigenvalue weighted by Gasteiger charge is -2.25. The molecule has 0 radical (unpaired) electrons. The third-order valence-electron chi connectivity index (χ3n) is 3.92. The number of carbonyl (C=O) groups is 1. The Bertz CT molecular complexity index is 426. The van der Waals surface area contributed by atoms with Crippen LogP contribution < -0.4 is 0 Å².